The van der Waals surface area contributed by atoms with Crippen LogP contribution >= 0.6 is 27.3 Å². The van der Waals surface area contributed by atoms with E-state index in [-0.39, 0.29) is 10.8 Å². The number of sulfonamides is 1. The van der Waals surface area contributed by atoms with Crippen molar-refractivity contribution in [2.75, 3.05) is 18.4 Å². The fraction of sp³-hybridized carbons (Fsp3) is 0.222. The Kier molecular flexibility index (Phi) is 5.95. The van der Waals surface area contributed by atoms with E-state index in [4.69, 9.17) is 0 Å². The highest BCUT2D eigenvalue weighted by Gasteiger charge is 2.21. The Labute approximate surface area is 170 Å². The van der Waals surface area contributed by atoms with Crippen molar-refractivity contribution in [2.24, 2.45) is 0 Å². The largest absolute Gasteiger partial charge is 0.298 e. The maximum Gasteiger partial charge on any atom is 0.257 e. The van der Waals surface area contributed by atoms with E-state index in [0.717, 1.165) is 14.7 Å². The number of carbonyl (C=O) groups is 1. The third kappa shape index (κ3) is 4.06. The van der Waals surface area contributed by atoms with Crippen LogP contribution in [0.3, 0.4) is 0 Å². The number of hydrogen-bond acceptors (Lipinski definition) is 5. The zero-order chi connectivity index (χ0) is 19.6. The molecule has 3 rings (SSSR count). The number of benzene rings is 2. The van der Waals surface area contributed by atoms with Gasteiger partial charge in [0.15, 0.2) is 5.13 Å². The van der Waals surface area contributed by atoms with Crippen LogP contribution < -0.4 is 5.32 Å². The molecule has 6 nitrogen and oxygen atoms in total. The number of fused-ring (bicyclic) bond motifs is 1. The first-order valence-corrected chi connectivity index (χ1v) is 11.4. The lowest BCUT2D eigenvalue weighted by Gasteiger charge is -2.18. The average Bonchev–Trinajstić information content (AvgIpc) is 3.06. The minimum Gasteiger partial charge on any atom is -0.298 e. The number of para-hydroxylation sites is 1. The van der Waals surface area contributed by atoms with Crippen molar-refractivity contribution in [1.82, 2.24) is 9.29 Å². The fourth-order valence-electron chi connectivity index (χ4n) is 2.63. The van der Waals surface area contributed by atoms with E-state index in [1.807, 2.05) is 18.2 Å². The maximum absolute atomic E-state index is 12.5. The highest BCUT2D eigenvalue weighted by Crippen LogP contribution is 2.31. The molecule has 142 valence electrons. The molecule has 0 aliphatic rings. The Morgan fingerprint density at radius 1 is 1.15 bits per heavy atom. The van der Waals surface area contributed by atoms with E-state index in [1.54, 1.807) is 13.8 Å². The molecular weight excluding hydrogens is 450 g/mol. The molecule has 1 heterocycles. The van der Waals surface area contributed by atoms with Crippen LogP contribution in [-0.4, -0.2) is 36.7 Å². The van der Waals surface area contributed by atoms with E-state index < -0.39 is 10.0 Å². The molecule has 3 aromatic rings. The van der Waals surface area contributed by atoms with Gasteiger partial charge in [-0.2, -0.15) is 4.31 Å². The van der Waals surface area contributed by atoms with Gasteiger partial charge in [0.1, 0.15) is 0 Å². The molecule has 0 aliphatic heterocycles. The second kappa shape index (κ2) is 8.05. The number of anilines is 1. The summed E-state index contributed by atoms with van der Waals surface area (Å²) in [6, 6.07) is 11.7. The van der Waals surface area contributed by atoms with E-state index in [9.17, 15) is 13.2 Å². The molecule has 1 aromatic heterocycles. The second-order valence-corrected chi connectivity index (χ2v) is 9.50. The van der Waals surface area contributed by atoms with Crippen molar-refractivity contribution >= 4 is 58.5 Å². The smallest absolute Gasteiger partial charge is 0.257 e. The van der Waals surface area contributed by atoms with Gasteiger partial charge in [-0.25, -0.2) is 13.4 Å². The predicted octanol–water partition coefficient (Wildman–Crippen LogP) is 4.34. The van der Waals surface area contributed by atoms with Crippen molar-refractivity contribution in [1.29, 1.82) is 0 Å². The molecule has 0 radical (unpaired) electrons. The van der Waals surface area contributed by atoms with Crippen LogP contribution in [0.1, 0.15) is 24.2 Å². The zero-order valence-electron chi connectivity index (χ0n) is 14.8. The number of thiazole rings is 1. The van der Waals surface area contributed by atoms with Crippen LogP contribution in [0.4, 0.5) is 5.13 Å². The molecule has 0 aliphatic carbocycles. The summed E-state index contributed by atoms with van der Waals surface area (Å²) in [4.78, 5) is 17.1. The maximum atomic E-state index is 12.5. The Morgan fingerprint density at radius 3 is 2.41 bits per heavy atom. The lowest BCUT2D eigenvalue weighted by atomic mass is 10.2. The van der Waals surface area contributed by atoms with Gasteiger partial charge in [0, 0.05) is 23.1 Å². The number of rotatable bonds is 6. The number of nitrogens with one attached hydrogen (secondary N) is 1. The number of nitrogens with zero attached hydrogens (tertiary/aromatic N) is 2. The van der Waals surface area contributed by atoms with Gasteiger partial charge in [-0.15, -0.1) is 0 Å². The summed E-state index contributed by atoms with van der Waals surface area (Å²) >= 11 is 4.82. The van der Waals surface area contributed by atoms with Gasteiger partial charge in [-0.05, 0) is 52.3 Å². The van der Waals surface area contributed by atoms with Gasteiger partial charge in [0.05, 0.1) is 15.1 Å². The highest BCUT2D eigenvalue weighted by molar-refractivity contribution is 9.10. The molecule has 1 N–H and O–H groups in total. The van der Waals surface area contributed by atoms with Crippen LogP contribution in [0, 0.1) is 0 Å². The van der Waals surface area contributed by atoms with Gasteiger partial charge in [0.25, 0.3) is 5.91 Å². The molecule has 0 saturated heterocycles. The van der Waals surface area contributed by atoms with Crippen molar-refractivity contribution < 1.29 is 13.2 Å². The van der Waals surface area contributed by atoms with Crippen LogP contribution in [0.2, 0.25) is 0 Å². The van der Waals surface area contributed by atoms with E-state index in [2.05, 4.69) is 26.2 Å². The first kappa shape index (κ1) is 19.9. The van der Waals surface area contributed by atoms with Crippen molar-refractivity contribution in [3.63, 3.8) is 0 Å². The summed E-state index contributed by atoms with van der Waals surface area (Å²) in [5.41, 5.74) is 1.16. The number of amides is 1. The van der Waals surface area contributed by atoms with E-state index >= 15 is 0 Å². The molecular formula is C18H18BrN3O3S2. The van der Waals surface area contributed by atoms with Gasteiger partial charge in [0.2, 0.25) is 10.0 Å². The van der Waals surface area contributed by atoms with Gasteiger partial charge in [-0.1, -0.05) is 31.3 Å². The van der Waals surface area contributed by atoms with Gasteiger partial charge >= 0.3 is 0 Å². The lowest BCUT2D eigenvalue weighted by Crippen LogP contribution is -2.30. The highest BCUT2D eigenvalue weighted by atomic mass is 79.9. The monoisotopic (exact) mass is 467 g/mol. The molecule has 0 unspecified atom stereocenters. The predicted molar refractivity (Wildman–Crippen MR) is 112 cm³/mol. The summed E-state index contributed by atoms with van der Waals surface area (Å²) in [5, 5.41) is 3.25. The molecule has 0 saturated carbocycles. The van der Waals surface area contributed by atoms with E-state index in [0.29, 0.717) is 23.8 Å². The normalized spacial score (nSPS) is 11.9. The van der Waals surface area contributed by atoms with Crippen LogP contribution in [-0.2, 0) is 10.0 Å². The van der Waals surface area contributed by atoms with E-state index in [1.165, 1.54) is 39.9 Å². The van der Waals surface area contributed by atoms with Crippen LogP contribution in [0.25, 0.3) is 10.2 Å². The number of carbonyl (C=O) groups excluding carboxylic acids is 1. The Balaban J connectivity index is 1.80. The number of aromatic nitrogens is 1. The molecule has 9 heteroatoms. The number of halogens is 1. The fourth-order valence-corrected chi connectivity index (χ4v) is 5.56. The zero-order valence-corrected chi connectivity index (χ0v) is 18.0. The topological polar surface area (TPSA) is 79.4 Å². The molecule has 1 amide bonds. The quantitative estimate of drug-likeness (QED) is 0.584. The first-order chi connectivity index (χ1) is 12.9. The number of hydrogen-bond donors (Lipinski definition) is 1. The molecule has 0 fully saturated rings. The second-order valence-electron chi connectivity index (χ2n) is 5.67. The third-order valence-electron chi connectivity index (χ3n) is 4.05. The lowest BCUT2D eigenvalue weighted by molar-refractivity contribution is 0.102. The Bertz CT molecular complexity index is 1070. The summed E-state index contributed by atoms with van der Waals surface area (Å²) in [5.74, 6) is -0.336. The minimum atomic E-state index is -3.54. The van der Waals surface area contributed by atoms with Crippen molar-refractivity contribution in [3.8, 4) is 0 Å². The first-order valence-electron chi connectivity index (χ1n) is 8.33. The summed E-state index contributed by atoms with van der Waals surface area (Å²) in [7, 11) is -3.54. The molecule has 27 heavy (non-hydrogen) atoms. The SMILES string of the molecule is CCN(CC)S(=O)(=O)c1ccc(C(=O)Nc2nc3c(Br)cccc3s2)cc1. The summed E-state index contributed by atoms with van der Waals surface area (Å²) in [6.07, 6.45) is 0. The van der Waals surface area contributed by atoms with Gasteiger partial charge < -0.3 is 0 Å². The standard InChI is InChI=1S/C18H18BrN3O3S2/c1-3-22(4-2)27(24,25)13-10-8-12(9-11-13)17(23)21-18-20-16-14(19)6-5-7-15(16)26-18/h5-11H,3-4H2,1-2H3,(H,20,21,23). The van der Waals surface area contributed by atoms with Crippen molar-refractivity contribution in [3.05, 3.63) is 52.5 Å². The molecule has 2 aromatic carbocycles. The minimum absolute atomic E-state index is 0.173. The Hall–Kier alpha value is -1.81. The van der Waals surface area contributed by atoms with Crippen LogP contribution in [0.15, 0.2) is 51.8 Å². The van der Waals surface area contributed by atoms with Crippen molar-refractivity contribution in [2.45, 2.75) is 18.7 Å². The van der Waals surface area contributed by atoms with Crippen LogP contribution in [0.5, 0.6) is 0 Å². The molecule has 0 bridgehead atoms. The summed E-state index contributed by atoms with van der Waals surface area (Å²) in [6.45, 7) is 4.38. The molecule has 0 spiro atoms. The molecule has 0 atom stereocenters. The summed E-state index contributed by atoms with van der Waals surface area (Å²) < 4.78 is 28.2. The van der Waals surface area contributed by atoms with Gasteiger partial charge in [-0.3, -0.25) is 10.1 Å². The third-order valence-corrected chi connectivity index (χ3v) is 7.69. The average molecular weight is 468 g/mol. The Morgan fingerprint density at radius 2 is 1.81 bits per heavy atom.